The lowest BCUT2D eigenvalue weighted by molar-refractivity contribution is 0.749. The van der Waals surface area contributed by atoms with E-state index in [0.29, 0.717) is 0 Å². The summed E-state index contributed by atoms with van der Waals surface area (Å²) in [5.74, 6) is 0. The van der Waals surface area contributed by atoms with Crippen LogP contribution in [0.4, 0.5) is 0 Å². The van der Waals surface area contributed by atoms with Crippen molar-refractivity contribution in [3.05, 3.63) is 350 Å². The van der Waals surface area contributed by atoms with E-state index in [1.54, 1.807) is 0 Å². The molecule has 1 spiro atoms. The molecule has 0 amide bonds. The molecular weight excluding hydrogens is 1030 g/mol. The molecule has 83 heavy (non-hydrogen) atoms. The molecule has 1 aliphatic heterocycles. The molecule has 3 heterocycles. The van der Waals surface area contributed by atoms with E-state index in [-0.39, 0.29) is 0 Å². The van der Waals surface area contributed by atoms with Crippen LogP contribution in [0.15, 0.2) is 328 Å². The molecule has 1 aliphatic carbocycles. The zero-order chi connectivity index (χ0) is 54.7. The van der Waals surface area contributed by atoms with Crippen LogP contribution in [-0.2, 0) is 5.41 Å². The highest BCUT2D eigenvalue weighted by Gasteiger charge is 2.52. The Hall–Kier alpha value is -10.1. The van der Waals surface area contributed by atoms with Gasteiger partial charge in [-0.3, -0.25) is 0 Å². The minimum atomic E-state index is -3.25. The summed E-state index contributed by atoms with van der Waals surface area (Å²) in [4.78, 5) is 0. The molecule has 0 fully saturated rings. The molecule has 17 rings (SSSR count). The standard InChI is InChI=1S/C79H54N2Si2/c1-6-27-56(28-7-1)82(57-29-8-2-9-30-57,58-31-10-3-11-32-58)62-48-50-68-69-42-25-45-73-78(69)81(76(68)53-62)77-54-63(49-51-72(77)79(73)70-43-20-16-38-64(70)65-39-17-21-44-71(65)79)83(59-33-12-4-13-34-59,60-35-14-5-15-36-60)61-37-24-26-55(52-61)80-74-46-22-18-40-66(74)67-41-19-23-47-75(67)80/h1-54H. The van der Waals surface area contributed by atoms with Crippen molar-refractivity contribution in [3.63, 3.8) is 0 Å². The maximum absolute atomic E-state index is 3.25. The molecule has 0 atom stereocenters. The summed E-state index contributed by atoms with van der Waals surface area (Å²) in [6, 6.07) is 125. The molecule has 2 nitrogen and oxygen atoms in total. The average Bonchev–Trinajstić information content (AvgIpc) is 2.77. The zero-order valence-electron chi connectivity index (χ0n) is 45.6. The lowest BCUT2D eigenvalue weighted by Gasteiger charge is -2.41. The average molecular weight is 1090 g/mol. The van der Waals surface area contributed by atoms with Gasteiger partial charge in [-0.1, -0.05) is 291 Å². The van der Waals surface area contributed by atoms with Crippen molar-refractivity contribution in [2.45, 2.75) is 5.41 Å². The molecule has 4 heteroatoms. The summed E-state index contributed by atoms with van der Waals surface area (Å²) in [5.41, 5.74) is 14.5. The fourth-order valence-electron chi connectivity index (χ4n) is 15.6. The molecule has 13 aromatic carbocycles. The van der Waals surface area contributed by atoms with Gasteiger partial charge in [0.15, 0.2) is 16.1 Å². The molecule has 0 N–H and O–H groups in total. The number of hydrogen-bond donors (Lipinski definition) is 0. The summed E-state index contributed by atoms with van der Waals surface area (Å²) >= 11 is 0. The summed E-state index contributed by atoms with van der Waals surface area (Å²) in [5, 5.41) is 15.8. The highest BCUT2D eigenvalue weighted by Crippen LogP contribution is 2.61. The second-order valence-corrected chi connectivity index (χ2v) is 30.2. The van der Waals surface area contributed by atoms with Crippen LogP contribution in [0, 0.1) is 0 Å². The van der Waals surface area contributed by atoms with Crippen LogP contribution >= 0.6 is 0 Å². The topological polar surface area (TPSA) is 9.86 Å². The van der Waals surface area contributed by atoms with E-state index in [9.17, 15) is 0 Å². The molecule has 388 valence electrons. The third-order valence-corrected chi connectivity index (χ3v) is 28.3. The third kappa shape index (κ3) is 6.53. The van der Waals surface area contributed by atoms with Gasteiger partial charge in [-0.15, -0.1) is 0 Å². The van der Waals surface area contributed by atoms with Crippen LogP contribution < -0.4 is 41.5 Å². The Morgan fingerprint density at radius 1 is 0.229 bits per heavy atom. The van der Waals surface area contributed by atoms with Crippen LogP contribution in [0.2, 0.25) is 0 Å². The van der Waals surface area contributed by atoms with Crippen molar-refractivity contribution in [1.29, 1.82) is 0 Å². The third-order valence-electron chi connectivity index (χ3n) is 18.8. The molecule has 2 aromatic heterocycles. The van der Waals surface area contributed by atoms with Gasteiger partial charge in [0.25, 0.3) is 0 Å². The number of para-hydroxylation sites is 3. The first kappa shape index (κ1) is 47.7. The number of aromatic nitrogens is 2. The minimum Gasteiger partial charge on any atom is -0.309 e. The lowest BCUT2D eigenvalue weighted by atomic mass is 9.65. The fourth-order valence-corrected chi connectivity index (χ4v) is 25.1. The first-order chi connectivity index (χ1) is 41.2. The normalized spacial score (nSPS) is 13.2. The van der Waals surface area contributed by atoms with Crippen molar-refractivity contribution in [2.24, 2.45) is 0 Å². The van der Waals surface area contributed by atoms with Gasteiger partial charge in [-0.2, -0.15) is 0 Å². The smallest absolute Gasteiger partial charge is 0.179 e. The predicted molar refractivity (Wildman–Crippen MR) is 353 cm³/mol. The summed E-state index contributed by atoms with van der Waals surface area (Å²) in [6.07, 6.45) is 0. The van der Waals surface area contributed by atoms with E-state index in [1.165, 1.54) is 124 Å². The number of hydrogen-bond acceptors (Lipinski definition) is 0. The molecule has 0 saturated carbocycles. The maximum atomic E-state index is 2.71. The van der Waals surface area contributed by atoms with Crippen LogP contribution in [0.25, 0.3) is 66.1 Å². The monoisotopic (exact) mass is 1090 g/mol. The largest absolute Gasteiger partial charge is 0.309 e. The predicted octanol–water partition coefficient (Wildman–Crippen LogP) is 13.3. The first-order valence-electron chi connectivity index (χ1n) is 29.0. The van der Waals surface area contributed by atoms with Gasteiger partial charge in [-0.25, -0.2) is 0 Å². The molecule has 2 aliphatic rings. The Balaban J connectivity index is 1.02. The van der Waals surface area contributed by atoms with Gasteiger partial charge in [0, 0.05) is 27.2 Å². The first-order valence-corrected chi connectivity index (χ1v) is 33.0. The number of nitrogens with zero attached hydrogens (tertiary/aromatic N) is 2. The zero-order valence-corrected chi connectivity index (χ0v) is 47.6. The number of benzene rings is 13. The molecule has 0 unspecified atom stereocenters. The quantitative estimate of drug-likeness (QED) is 0.101. The molecule has 0 radical (unpaired) electrons. The second-order valence-electron chi connectivity index (χ2n) is 22.6. The highest BCUT2D eigenvalue weighted by atomic mass is 28.3. The van der Waals surface area contributed by atoms with Gasteiger partial charge >= 0.3 is 0 Å². The van der Waals surface area contributed by atoms with Gasteiger partial charge < -0.3 is 9.13 Å². The summed E-state index contributed by atoms with van der Waals surface area (Å²) in [6.45, 7) is 0. The van der Waals surface area contributed by atoms with Crippen molar-refractivity contribution < 1.29 is 0 Å². The Bertz CT molecular complexity index is 4790. The molecule has 0 saturated heterocycles. The van der Waals surface area contributed by atoms with E-state index in [0.717, 1.165) is 5.69 Å². The summed E-state index contributed by atoms with van der Waals surface area (Å²) < 4.78 is 5.19. The Morgan fingerprint density at radius 3 is 1.16 bits per heavy atom. The Morgan fingerprint density at radius 2 is 0.614 bits per heavy atom. The molecule has 15 aromatic rings. The van der Waals surface area contributed by atoms with E-state index < -0.39 is 21.6 Å². The molecular formula is C79H54N2Si2. The van der Waals surface area contributed by atoms with Crippen molar-refractivity contribution in [1.82, 2.24) is 9.13 Å². The Labute approximate surface area is 485 Å². The van der Waals surface area contributed by atoms with Crippen LogP contribution in [0.5, 0.6) is 0 Å². The second kappa shape index (κ2) is 18.5. The Kier molecular flexibility index (Phi) is 10.6. The SMILES string of the molecule is c1ccc([Si](c2ccccc2)(c2cccc(-n3c4ccccc4c4ccccc43)c2)c2ccc3c(c2)-n2c4cc([Si](c5ccccc5)(c5ccccc5)c5ccccc5)ccc4c4cccc(c42)C32c3ccccc3-c3ccccc32)cc1. The van der Waals surface area contributed by atoms with Crippen molar-refractivity contribution >= 4 is 101 Å². The minimum absolute atomic E-state index is 0.607. The van der Waals surface area contributed by atoms with Crippen molar-refractivity contribution in [3.8, 4) is 22.5 Å². The van der Waals surface area contributed by atoms with Crippen LogP contribution in [-0.4, -0.2) is 25.3 Å². The van der Waals surface area contributed by atoms with E-state index in [2.05, 4.69) is 337 Å². The van der Waals surface area contributed by atoms with E-state index in [4.69, 9.17) is 0 Å². The van der Waals surface area contributed by atoms with Gasteiger partial charge in [0.1, 0.15) is 0 Å². The lowest BCUT2D eigenvalue weighted by Crippen LogP contribution is -2.74. The van der Waals surface area contributed by atoms with E-state index in [1.807, 2.05) is 0 Å². The number of fused-ring (bicyclic) bond motifs is 15. The highest BCUT2D eigenvalue weighted by molar-refractivity contribution is 7.20. The number of rotatable bonds is 9. The van der Waals surface area contributed by atoms with Crippen LogP contribution in [0.3, 0.4) is 0 Å². The molecule has 0 bridgehead atoms. The fraction of sp³-hybridized carbons (Fsp3) is 0.0127. The van der Waals surface area contributed by atoms with Crippen molar-refractivity contribution in [2.75, 3.05) is 0 Å². The van der Waals surface area contributed by atoms with Gasteiger partial charge in [0.05, 0.1) is 33.2 Å². The van der Waals surface area contributed by atoms with Gasteiger partial charge in [0.2, 0.25) is 0 Å². The maximum Gasteiger partial charge on any atom is 0.179 e. The van der Waals surface area contributed by atoms with Crippen LogP contribution in [0.1, 0.15) is 22.3 Å². The summed E-state index contributed by atoms with van der Waals surface area (Å²) in [7, 11) is -6.21. The van der Waals surface area contributed by atoms with Gasteiger partial charge in [-0.05, 0) is 111 Å². The van der Waals surface area contributed by atoms with E-state index >= 15 is 0 Å².